The number of carbonyl (C=O) groups excluding carboxylic acids is 1. The molecule has 0 radical (unpaired) electrons. The van der Waals surface area contributed by atoms with Crippen molar-refractivity contribution >= 4 is 17.3 Å². The van der Waals surface area contributed by atoms with Gasteiger partial charge in [-0.15, -0.1) is 0 Å². The summed E-state index contributed by atoms with van der Waals surface area (Å²) in [5.41, 5.74) is 2.95. The lowest BCUT2D eigenvalue weighted by Gasteiger charge is -2.38. The van der Waals surface area contributed by atoms with E-state index in [1.54, 1.807) is 18.2 Å². The molecule has 0 fully saturated rings. The molecular formula is C21H20N2O5. The maximum Gasteiger partial charge on any atom is 0.339 e. The van der Waals surface area contributed by atoms with Gasteiger partial charge in [-0.1, -0.05) is 30.4 Å². The summed E-state index contributed by atoms with van der Waals surface area (Å²) in [4.78, 5) is 23.3. The quantitative estimate of drug-likeness (QED) is 0.370. The standard InChI is InChI=1S/C21H20N2O5/c1-27-18-10-9-12(11-17(18)23(25)26)19-14-6-3-5-13(14)15-7-4-8-16(20(15)22-19)21(24)28-2/h3-5,7-11,13-14,19,22H,6H2,1-2H3. The molecule has 3 atom stereocenters. The predicted molar refractivity (Wildman–Crippen MR) is 104 cm³/mol. The topological polar surface area (TPSA) is 90.7 Å². The van der Waals surface area contributed by atoms with Crippen LogP contribution >= 0.6 is 0 Å². The first kappa shape index (κ1) is 18.0. The van der Waals surface area contributed by atoms with Crippen molar-refractivity contribution in [3.8, 4) is 5.75 Å². The van der Waals surface area contributed by atoms with Gasteiger partial charge in [0, 0.05) is 12.0 Å². The number of hydrogen-bond donors (Lipinski definition) is 1. The molecule has 2 aromatic carbocycles. The van der Waals surface area contributed by atoms with E-state index in [9.17, 15) is 14.9 Å². The SMILES string of the molecule is COC(=O)c1cccc2c1NC(c1ccc(OC)c([N+](=O)[O-])c1)C1CC=CC21. The van der Waals surface area contributed by atoms with Crippen molar-refractivity contribution in [2.75, 3.05) is 19.5 Å². The minimum absolute atomic E-state index is 0.0728. The van der Waals surface area contributed by atoms with Gasteiger partial charge in [0.2, 0.25) is 0 Å². The molecule has 1 aliphatic heterocycles. The average Bonchev–Trinajstić information content (AvgIpc) is 3.21. The molecule has 1 heterocycles. The molecular weight excluding hydrogens is 360 g/mol. The number of anilines is 1. The Morgan fingerprint density at radius 3 is 2.79 bits per heavy atom. The molecule has 0 saturated heterocycles. The molecule has 0 amide bonds. The van der Waals surface area contributed by atoms with Crippen LogP contribution in [0, 0.1) is 16.0 Å². The van der Waals surface area contributed by atoms with E-state index in [2.05, 4.69) is 17.5 Å². The first-order chi connectivity index (χ1) is 13.5. The zero-order valence-corrected chi connectivity index (χ0v) is 15.5. The van der Waals surface area contributed by atoms with E-state index in [4.69, 9.17) is 9.47 Å². The summed E-state index contributed by atoms with van der Waals surface area (Å²) >= 11 is 0. The first-order valence-electron chi connectivity index (χ1n) is 9.02. The summed E-state index contributed by atoms with van der Waals surface area (Å²) in [5, 5.41) is 14.9. The van der Waals surface area contributed by atoms with E-state index in [-0.39, 0.29) is 29.3 Å². The van der Waals surface area contributed by atoms with Crippen LogP contribution in [0.1, 0.15) is 39.9 Å². The number of nitrogens with zero attached hydrogens (tertiary/aromatic N) is 1. The molecule has 3 unspecified atom stereocenters. The molecule has 4 rings (SSSR count). The zero-order chi connectivity index (χ0) is 19.8. The number of para-hydroxylation sites is 1. The minimum atomic E-state index is -0.441. The number of esters is 1. The number of carbonyl (C=O) groups is 1. The van der Waals surface area contributed by atoms with Crippen LogP contribution < -0.4 is 10.1 Å². The Labute approximate surface area is 162 Å². The van der Waals surface area contributed by atoms with Crippen LogP contribution in [-0.2, 0) is 4.74 Å². The normalized spacial score (nSPS) is 22.0. The van der Waals surface area contributed by atoms with E-state index in [1.165, 1.54) is 14.2 Å². The molecule has 2 aliphatic rings. The molecule has 1 N–H and O–H groups in total. The Morgan fingerprint density at radius 1 is 1.25 bits per heavy atom. The number of nitro benzene ring substituents is 1. The Kier molecular flexibility index (Phi) is 4.50. The summed E-state index contributed by atoms with van der Waals surface area (Å²) in [6, 6.07) is 10.4. The van der Waals surface area contributed by atoms with Crippen LogP contribution in [0.2, 0.25) is 0 Å². The highest BCUT2D eigenvalue weighted by Crippen LogP contribution is 2.51. The minimum Gasteiger partial charge on any atom is -0.490 e. The highest BCUT2D eigenvalue weighted by Gasteiger charge is 2.40. The molecule has 0 bridgehead atoms. The van der Waals surface area contributed by atoms with Crippen molar-refractivity contribution in [1.29, 1.82) is 0 Å². The van der Waals surface area contributed by atoms with E-state index in [0.29, 0.717) is 5.56 Å². The van der Waals surface area contributed by atoms with Crippen molar-refractivity contribution in [3.63, 3.8) is 0 Å². The van der Waals surface area contributed by atoms with Crippen LogP contribution in [-0.4, -0.2) is 25.1 Å². The maximum absolute atomic E-state index is 12.3. The van der Waals surface area contributed by atoms with Crippen LogP contribution in [0.25, 0.3) is 0 Å². The average molecular weight is 380 g/mol. The molecule has 144 valence electrons. The van der Waals surface area contributed by atoms with Crippen molar-refractivity contribution in [3.05, 3.63) is 75.4 Å². The highest BCUT2D eigenvalue weighted by atomic mass is 16.6. The molecule has 0 saturated carbocycles. The smallest absolute Gasteiger partial charge is 0.339 e. The summed E-state index contributed by atoms with van der Waals surface area (Å²) in [5.74, 6) is 0.144. The Morgan fingerprint density at radius 2 is 2.07 bits per heavy atom. The number of allylic oxidation sites excluding steroid dienone is 2. The van der Waals surface area contributed by atoms with Gasteiger partial charge in [0.05, 0.1) is 36.4 Å². The van der Waals surface area contributed by atoms with E-state index < -0.39 is 10.9 Å². The van der Waals surface area contributed by atoms with Gasteiger partial charge in [0.15, 0.2) is 5.75 Å². The lowest BCUT2D eigenvalue weighted by Crippen LogP contribution is -2.30. The molecule has 7 heteroatoms. The number of methoxy groups -OCH3 is 2. The molecule has 2 aromatic rings. The van der Waals surface area contributed by atoms with Crippen LogP contribution in [0.4, 0.5) is 11.4 Å². The fourth-order valence-corrected chi connectivity index (χ4v) is 4.27. The van der Waals surface area contributed by atoms with Crippen LogP contribution in [0.5, 0.6) is 5.75 Å². The number of rotatable bonds is 4. The number of benzene rings is 2. The Hall–Kier alpha value is -3.35. The van der Waals surface area contributed by atoms with Crippen molar-refractivity contribution in [1.82, 2.24) is 0 Å². The fourth-order valence-electron chi connectivity index (χ4n) is 4.27. The second-order valence-corrected chi connectivity index (χ2v) is 6.93. The Balaban J connectivity index is 1.82. The van der Waals surface area contributed by atoms with Crippen molar-refractivity contribution < 1.29 is 19.2 Å². The van der Waals surface area contributed by atoms with Gasteiger partial charge in [-0.25, -0.2) is 4.79 Å². The lowest BCUT2D eigenvalue weighted by molar-refractivity contribution is -0.385. The molecule has 0 spiro atoms. The third kappa shape index (κ3) is 2.79. The van der Waals surface area contributed by atoms with Crippen LogP contribution in [0.3, 0.4) is 0 Å². The van der Waals surface area contributed by atoms with Gasteiger partial charge in [-0.3, -0.25) is 10.1 Å². The second kappa shape index (κ2) is 6.99. The van der Waals surface area contributed by atoms with Gasteiger partial charge in [-0.05, 0) is 35.6 Å². The summed E-state index contributed by atoms with van der Waals surface area (Å²) in [7, 11) is 2.77. The molecule has 28 heavy (non-hydrogen) atoms. The van der Waals surface area contributed by atoms with Crippen molar-refractivity contribution in [2.24, 2.45) is 5.92 Å². The van der Waals surface area contributed by atoms with E-state index in [1.807, 2.05) is 18.2 Å². The fraction of sp³-hybridized carbons (Fsp3) is 0.286. The van der Waals surface area contributed by atoms with E-state index in [0.717, 1.165) is 23.2 Å². The van der Waals surface area contributed by atoms with Gasteiger partial charge in [0.25, 0.3) is 0 Å². The predicted octanol–water partition coefficient (Wildman–Crippen LogP) is 4.22. The van der Waals surface area contributed by atoms with Crippen LogP contribution in [0.15, 0.2) is 48.6 Å². The Bertz CT molecular complexity index is 985. The zero-order valence-electron chi connectivity index (χ0n) is 15.5. The number of hydrogen-bond acceptors (Lipinski definition) is 6. The number of fused-ring (bicyclic) bond motifs is 3. The lowest BCUT2D eigenvalue weighted by atomic mass is 9.76. The van der Waals surface area contributed by atoms with Gasteiger partial charge < -0.3 is 14.8 Å². The largest absolute Gasteiger partial charge is 0.490 e. The first-order valence-corrected chi connectivity index (χ1v) is 9.02. The monoisotopic (exact) mass is 380 g/mol. The number of ether oxygens (including phenoxy) is 2. The molecule has 0 aromatic heterocycles. The summed E-state index contributed by atoms with van der Waals surface area (Å²) in [6.07, 6.45) is 5.13. The van der Waals surface area contributed by atoms with Crippen molar-refractivity contribution in [2.45, 2.75) is 18.4 Å². The summed E-state index contributed by atoms with van der Waals surface area (Å²) < 4.78 is 10.1. The summed E-state index contributed by atoms with van der Waals surface area (Å²) in [6.45, 7) is 0. The third-order valence-electron chi connectivity index (χ3n) is 5.56. The maximum atomic E-state index is 12.3. The highest BCUT2D eigenvalue weighted by molar-refractivity contribution is 5.97. The van der Waals surface area contributed by atoms with E-state index >= 15 is 0 Å². The molecule has 7 nitrogen and oxygen atoms in total. The third-order valence-corrected chi connectivity index (χ3v) is 5.56. The van der Waals surface area contributed by atoms with Gasteiger partial charge >= 0.3 is 11.7 Å². The number of nitro groups is 1. The van der Waals surface area contributed by atoms with Gasteiger partial charge in [-0.2, -0.15) is 0 Å². The van der Waals surface area contributed by atoms with Gasteiger partial charge in [0.1, 0.15) is 0 Å². The second-order valence-electron chi connectivity index (χ2n) is 6.93. The number of nitrogens with one attached hydrogen (secondary N) is 1. The molecule has 1 aliphatic carbocycles.